The van der Waals surface area contributed by atoms with Gasteiger partial charge in [-0.25, -0.2) is 0 Å². The Labute approximate surface area is 178 Å². The van der Waals surface area contributed by atoms with Crippen LogP contribution in [-0.2, 0) is 6.42 Å². The molecule has 3 aromatic rings. The number of rotatable bonds is 11. The van der Waals surface area contributed by atoms with Gasteiger partial charge in [0.2, 0.25) is 0 Å². The fourth-order valence-electron chi connectivity index (χ4n) is 3.25. The van der Waals surface area contributed by atoms with Crippen molar-refractivity contribution in [3.8, 4) is 19.5 Å². The summed E-state index contributed by atoms with van der Waals surface area (Å²) in [4.78, 5) is 5.70. The molecule has 0 amide bonds. The Hall–Kier alpha value is -0.420. The molecule has 0 saturated heterocycles. The molecule has 0 radical (unpaired) electrons. The molecule has 0 N–H and O–H groups in total. The van der Waals surface area contributed by atoms with Gasteiger partial charge in [-0.3, -0.25) is 0 Å². The van der Waals surface area contributed by atoms with Crippen molar-refractivity contribution in [3.63, 3.8) is 0 Å². The minimum absolute atomic E-state index is 1.21. The average Bonchev–Trinajstić information content (AvgIpc) is 3.37. The molecule has 0 aliphatic carbocycles. The number of unbranched alkanes of at least 4 members (excludes halogenated alkanes) is 7. The van der Waals surface area contributed by atoms with E-state index >= 15 is 0 Å². The molecule has 0 aliphatic heterocycles. The third kappa shape index (κ3) is 5.79. The topological polar surface area (TPSA) is 0 Å². The highest BCUT2D eigenvalue weighted by Gasteiger charge is 2.14. The van der Waals surface area contributed by atoms with Gasteiger partial charge in [0.25, 0.3) is 0 Å². The van der Waals surface area contributed by atoms with Crippen molar-refractivity contribution in [1.82, 2.24) is 0 Å². The quantitative estimate of drug-likeness (QED) is 0.246. The van der Waals surface area contributed by atoms with Gasteiger partial charge < -0.3 is 0 Å². The van der Waals surface area contributed by atoms with Gasteiger partial charge in [-0.2, -0.15) is 0 Å². The maximum atomic E-state index is 3.62. The van der Waals surface area contributed by atoms with Crippen LogP contribution in [0.15, 0.2) is 39.5 Å². The Morgan fingerprint density at radius 1 is 0.808 bits per heavy atom. The second kappa shape index (κ2) is 10.8. The molecule has 3 aromatic heterocycles. The van der Waals surface area contributed by atoms with Crippen molar-refractivity contribution >= 4 is 49.9 Å². The Morgan fingerprint density at radius 3 is 2.23 bits per heavy atom. The summed E-state index contributed by atoms with van der Waals surface area (Å²) in [6.45, 7) is 2.29. The second-order valence-electron chi connectivity index (χ2n) is 6.77. The third-order valence-corrected chi connectivity index (χ3v) is 8.72. The first-order valence-electron chi connectivity index (χ1n) is 9.70. The van der Waals surface area contributed by atoms with Gasteiger partial charge in [-0.15, -0.1) is 34.0 Å². The maximum Gasteiger partial charge on any atom is 0.0705 e. The van der Waals surface area contributed by atoms with Gasteiger partial charge in [-0.05, 0) is 64.0 Å². The fourth-order valence-corrected chi connectivity index (χ4v) is 6.82. The van der Waals surface area contributed by atoms with E-state index in [2.05, 4.69) is 58.6 Å². The van der Waals surface area contributed by atoms with E-state index in [-0.39, 0.29) is 0 Å². The highest BCUT2D eigenvalue weighted by molar-refractivity contribution is 9.11. The van der Waals surface area contributed by atoms with E-state index in [0.29, 0.717) is 0 Å². The Morgan fingerprint density at radius 2 is 1.58 bits per heavy atom. The summed E-state index contributed by atoms with van der Waals surface area (Å²) in [5.74, 6) is 0. The highest BCUT2D eigenvalue weighted by Crippen LogP contribution is 2.43. The van der Waals surface area contributed by atoms with Gasteiger partial charge in [-0.1, -0.05) is 57.9 Å². The minimum Gasteiger partial charge on any atom is -0.143 e. The van der Waals surface area contributed by atoms with Gasteiger partial charge in [0.1, 0.15) is 0 Å². The number of aryl methyl sites for hydroxylation is 1. The van der Waals surface area contributed by atoms with Crippen LogP contribution < -0.4 is 0 Å². The van der Waals surface area contributed by atoms with Crippen LogP contribution in [0.4, 0.5) is 0 Å². The van der Waals surface area contributed by atoms with Crippen LogP contribution in [0, 0.1) is 0 Å². The van der Waals surface area contributed by atoms with Crippen LogP contribution in [0.25, 0.3) is 19.5 Å². The zero-order chi connectivity index (χ0) is 18.2. The molecule has 0 aromatic carbocycles. The molecule has 0 unspecified atom stereocenters. The maximum absolute atomic E-state index is 3.62. The average molecular weight is 468 g/mol. The lowest BCUT2D eigenvalue weighted by Gasteiger charge is -2.03. The van der Waals surface area contributed by atoms with Gasteiger partial charge in [0, 0.05) is 19.5 Å². The Kier molecular flexibility index (Phi) is 8.44. The van der Waals surface area contributed by atoms with Crippen molar-refractivity contribution in [2.45, 2.75) is 64.7 Å². The van der Waals surface area contributed by atoms with Crippen molar-refractivity contribution in [2.24, 2.45) is 0 Å². The van der Waals surface area contributed by atoms with Crippen LogP contribution in [0.2, 0.25) is 0 Å². The third-order valence-electron chi connectivity index (χ3n) is 4.67. The van der Waals surface area contributed by atoms with E-state index in [1.54, 1.807) is 5.56 Å². The fraction of sp³-hybridized carbons (Fsp3) is 0.455. The Balaban J connectivity index is 1.60. The summed E-state index contributed by atoms with van der Waals surface area (Å²) < 4.78 is 1.22. The van der Waals surface area contributed by atoms with Gasteiger partial charge in [0.15, 0.2) is 0 Å². The highest BCUT2D eigenvalue weighted by atomic mass is 79.9. The van der Waals surface area contributed by atoms with Crippen molar-refractivity contribution < 1.29 is 0 Å². The lowest BCUT2D eigenvalue weighted by molar-refractivity contribution is 0.576. The molecule has 0 fully saturated rings. The molecular weight excluding hydrogens is 440 g/mol. The molecule has 140 valence electrons. The minimum atomic E-state index is 1.21. The zero-order valence-electron chi connectivity index (χ0n) is 15.4. The molecule has 0 saturated carbocycles. The van der Waals surface area contributed by atoms with Crippen LogP contribution in [0.3, 0.4) is 0 Å². The van der Waals surface area contributed by atoms with E-state index in [4.69, 9.17) is 0 Å². The van der Waals surface area contributed by atoms with Crippen molar-refractivity contribution in [1.29, 1.82) is 0 Å². The van der Waals surface area contributed by atoms with E-state index in [1.165, 1.54) is 81.1 Å². The lowest BCUT2D eigenvalue weighted by Crippen LogP contribution is -1.86. The Bertz CT molecular complexity index is 767. The second-order valence-corrected chi connectivity index (χ2v) is 11.2. The zero-order valence-corrected chi connectivity index (χ0v) is 19.5. The normalized spacial score (nSPS) is 11.3. The summed E-state index contributed by atoms with van der Waals surface area (Å²) in [7, 11) is 0. The SMILES string of the molecule is CCCCCCCCCCc1cc(-c2cccs2)sc1-c1ccc(Br)s1. The number of halogens is 1. The number of thiophene rings is 3. The molecule has 0 aliphatic rings. The molecule has 26 heavy (non-hydrogen) atoms. The monoisotopic (exact) mass is 466 g/mol. The molecule has 4 heteroatoms. The summed E-state index contributed by atoms with van der Waals surface area (Å²) in [6.07, 6.45) is 12.3. The molecule has 0 nitrogen and oxygen atoms in total. The molecule has 0 bridgehead atoms. The molecule has 0 atom stereocenters. The summed E-state index contributed by atoms with van der Waals surface area (Å²) in [5.41, 5.74) is 1.54. The van der Waals surface area contributed by atoms with Crippen molar-refractivity contribution in [3.05, 3.63) is 45.1 Å². The van der Waals surface area contributed by atoms with Crippen LogP contribution in [0.5, 0.6) is 0 Å². The number of hydrogen-bond acceptors (Lipinski definition) is 3. The molecule has 3 heterocycles. The predicted molar refractivity (Wildman–Crippen MR) is 125 cm³/mol. The van der Waals surface area contributed by atoms with Gasteiger partial charge >= 0.3 is 0 Å². The van der Waals surface area contributed by atoms with Gasteiger partial charge in [0.05, 0.1) is 3.79 Å². The van der Waals surface area contributed by atoms with E-state index in [9.17, 15) is 0 Å². The lowest BCUT2D eigenvalue weighted by atomic mass is 10.0. The smallest absolute Gasteiger partial charge is 0.0705 e. The molecular formula is C22H27BrS3. The largest absolute Gasteiger partial charge is 0.143 e. The molecule has 0 spiro atoms. The van der Waals surface area contributed by atoms with Crippen LogP contribution in [0.1, 0.15) is 63.9 Å². The standard InChI is InChI=1S/C22H27BrS3/c1-2-3-4-5-6-7-8-9-11-17-16-20(18-12-10-15-24-18)26-22(17)19-13-14-21(23)25-19/h10,12-16H,2-9,11H2,1H3. The first kappa shape index (κ1) is 20.3. The predicted octanol–water partition coefficient (Wildman–Crippen LogP) is 9.65. The first-order valence-corrected chi connectivity index (χ1v) is 13.0. The van der Waals surface area contributed by atoms with E-state index in [1.807, 2.05) is 34.0 Å². The summed E-state index contributed by atoms with van der Waals surface area (Å²) in [5, 5.41) is 2.18. The summed E-state index contributed by atoms with van der Waals surface area (Å²) >= 11 is 9.28. The van der Waals surface area contributed by atoms with E-state index in [0.717, 1.165) is 0 Å². The van der Waals surface area contributed by atoms with Crippen LogP contribution in [-0.4, -0.2) is 0 Å². The number of hydrogen-bond donors (Lipinski definition) is 0. The van der Waals surface area contributed by atoms with Crippen LogP contribution >= 0.6 is 49.9 Å². The van der Waals surface area contributed by atoms with Crippen molar-refractivity contribution in [2.75, 3.05) is 0 Å². The van der Waals surface area contributed by atoms with E-state index < -0.39 is 0 Å². The summed E-state index contributed by atoms with van der Waals surface area (Å²) in [6, 6.07) is 11.3. The first-order chi connectivity index (χ1) is 12.8. The molecule has 3 rings (SSSR count).